The number of carbonyl (C=O) groups excluding carboxylic acids is 1. The van der Waals surface area contributed by atoms with Crippen LogP contribution < -0.4 is 10.1 Å². The second kappa shape index (κ2) is 8.17. The predicted molar refractivity (Wildman–Crippen MR) is 80.6 cm³/mol. The molecule has 5 heteroatoms. The number of amides is 1. The van der Waals surface area contributed by atoms with Gasteiger partial charge in [0.1, 0.15) is 5.75 Å². The Morgan fingerprint density at radius 2 is 2.16 bits per heavy atom. The first kappa shape index (κ1) is 16.0. The van der Waals surface area contributed by atoms with Gasteiger partial charge in [0.05, 0.1) is 4.47 Å². The Labute approximate surface area is 123 Å². The van der Waals surface area contributed by atoms with Gasteiger partial charge in [0.15, 0.2) is 6.61 Å². The van der Waals surface area contributed by atoms with Crippen molar-refractivity contribution in [2.75, 3.05) is 33.8 Å². The lowest BCUT2D eigenvalue weighted by Gasteiger charge is -2.11. The van der Waals surface area contributed by atoms with E-state index in [0.29, 0.717) is 12.3 Å². The Morgan fingerprint density at radius 3 is 2.79 bits per heavy atom. The summed E-state index contributed by atoms with van der Waals surface area (Å²) in [6.07, 6.45) is 0.937. The predicted octanol–water partition coefficient (Wildman–Crippen LogP) is 2.20. The number of hydrogen-bond acceptors (Lipinski definition) is 3. The van der Waals surface area contributed by atoms with E-state index in [0.717, 1.165) is 23.0 Å². The maximum absolute atomic E-state index is 11.6. The number of rotatable bonds is 7. The standard InChI is InChI=1S/C14H21BrN2O2/c1-11-5-6-13(12(15)9-11)19-10-14(18)16-7-4-8-17(2)3/h5-6,9H,4,7-8,10H2,1-3H3,(H,16,18). The highest BCUT2D eigenvalue weighted by Crippen LogP contribution is 2.25. The van der Waals surface area contributed by atoms with E-state index in [1.807, 2.05) is 39.2 Å². The van der Waals surface area contributed by atoms with E-state index in [4.69, 9.17) is 4.74 Å². The summed E-state index contributed by atoms with van der Waals surface area (Å²) >= 11 is 3.41. The molecular weight excluding hydrogens is 308 g/mol. The van der Waals surface area contributed by atoms with Crippen molar-refractivity contribution in [3.8, 4) is 5.75 Å². The molecule has 0 spiro atoms. The van der Waals surface area contributed by atoms with Gasteiger partial charge in [0, 0.05) is 6.54 Å². The highest BCUT2D eigenvalue weighted by Gasteiger charge is 2.05. The molecule has 0 unspecified atom stereocenters. The van der Waals surface area contributed by atoms with E-state index in [1.165, 1.54) is 0 Å². The van der Waals surface area contributed by atoms with Crippen LogP contribution in [-0.2, 0) is 4.79 Å². The van der Waals surface area contributed by atoms with Gasteiger partial charge in [0.25, 0.3) is 5.91 Å². The summed E-state index contributed by atoms with van der Waals surface area (Å²) in [6, 6.07) is 5.78. The molecular formula is C14H21BrN2O2. The number of nitrogens with zero attached hydrogens (tertiary/aromatic N) is 1. The van der Waals surface area contributed by atoms with Crippen molar-refractivity contribution in [3.05, 3.63) is 28.2 Å². The Hall–Kier alpha value is -1.07. The number of carbonyl (C=O) groups is 1. The van der Waals surface area contributed by atoms with Crippen LogP contribution in [0.4, 0.5) is 0 Å². The van der Waals surface area contributed by atoms with Crippen LogP contribution in [0.5, 0.6) is 5.75 Å². The summed E-state index contributed by atoms with van der Waals surface area (Å²) in [5, 5.41) is 2.83. The number of ether oxygens (including phenoxy) is 1. The molecule has 1 aromatic carbocycles. The minimum Gasteiger partial charge on any atom is -0.483 e. The van der Waals surface area contributed by atoms with Gasteiger partial charge in [-0.15, -0.1) is 0 Å². The van der Waals surface area contributed by atoms with Gasteiger partial charge in [0.2, 0.25) is 0 Å². The van der Waals surface area contributed by atoms with Crippen molar-refractivity contribution in [2.24, 2.45) is 0 Å². The fourth-order valence-corrected chi connectivity index (χ4v) is 2.15. The summed E-state index contributed by atoms with van der Waals surface area (Å²) in [5.41, 5.74) is 1.15. The van der Waals surface area contributed by atoms with Crippen LogP contribution in [-0.4, -0.2) is 44.6 Å². The summed E-state index contributed by atoms with van der Waals surface area (Å²) in [4.78, 5) is 13.7. The lowest BCUT2D eigenvalue weighted by Crippen LogP contribution is -2.31. The van der Waals surface area contributed by atoms with Crippen LogP contribution in [0.2, 0.25) is 0 Å². The molecule has 0 bridgehead atoms. The first-order chi connectivity index (χ1) is 8.99. The minimum absolute atomic E-state index is 0.0453. The third-order valence-electron chi connectivity index (χ3n) is 2.55. The molecule has 0 aliphatic heterocycles. The van der Waals surface area contributed by atoms with Crippen molar-refractivity contribution < 1.29 is 9.53 Å². The lowest BCUT2D eigenvalue weighted by molar-refractivity contribution is -0.123. The third kappa shape index (κ3) is 6.59. The average Bonchev–Trinajstić information content (AvgIpc) is 2.33. The molecule has 0 radical (unpaired) electrons. The number of halogens is 1. The number of nitrogens with one attached hydrogen (secondary N) is 1. The molecule has 1 N–H and O–H groups in total. The second-order valence-corrected chi connectivity index (χ2v) is 5.58. The normalized spacial score (nSPS) is 10.6. The largest absolute Gasteiger partial charge is 0.483 e. The molecule has 1 amide bonds. The van der Waals surface area contributed by atoms with E-state index < -0.39 is 0 Å². The van der Waals surface area contributed by atoms with Crippen LogP contribution in [0.1, 0.15) is 12.0 Å². The molecule has 0 saturated carbocycles. The molecule has 0 aliphatic rings. The monoisotopic (exact) mass is 328 g/mol. The lowest BCUT2D eigenvalue weighted by atomic mass is 10.2. The van der Waals surface area contributed by atoms with E-state index in [-0.39, 0.29) is 12.5 Å². The first-order valence-electron chi connectivity index (χ1n) is 6.29. The maximum Gasteiger partial charge on any atom is 0.257 e. The van der Waals surface area contributed by atoms with Gasteiger partial charge in [-0.3, -0.25) is 4.79 Å². The van der Waals surface area contributed by atoms with Crippen molar-refractivity contribution in [1.29, 1.82) is 0 Å². The highest BCUT2D eigenvalue weighted by atomic mass is 79.9. The third-order valence-corrected chi connectivity index (χ3v) is 3.17. The fourth-order valence-electron chi connectivity index (χ4n) is 1.54. The summed E-state index contributed by atoms with van der Waals surface area (Å²) in [6.45, 7) is 3.69. The van der Waals surface area contributed by atoms with E-state index in [1.54, 1.807) is 0 Å². The minimum atomic E-state index is -0.0915. The molecule has 1 rings (SSSR count). The Morgan fingerprint density at radius 1 is 1.42 bits per heavy atom. The molecule has 0 aliphatic carbocycles. The topological polar surface area (TPSA) is 41.6 Å². The SMILES string of the molecule is Cc1ccc(OCC(=O)NCCCN(C)C)c(Br)c1. The summed E-state index contributed by atoms with van der Waals surface area (Å²) in [5.74, 6) is 0.597. The van der Waals surface area contributed by atoms with Crippen molar-refractivity contribution in [2.45, 2.75) is 13.3 Å². The van der Waals surface area contributed by atoms with Gasteiger partial charge in [-0.25, -0.2) is 0 Å². The van der Waals surface area contributed by atoms with Crippen LogP contribution in [0, 0.1) is 6.92 Å². The van der Waals surface area contributed by atoms with Crippen LogP contribution in [0.3, 0.4) is 0 Å². The quantitative estimate of drug-likeness (QED) is 0.780. The summed E-state index contributed by atoms with van der Waals surface area (Å²) in [7, 11) is 4.03. The number of aryl methyl sites for hydroxylation is 1. The zero-order valence-corrected chi connectivity index (χ0v) is 13.3. The fraction of sp³-hybridized carbons (Fsp3) is 0.500. The van der Waals surface area contributed by atoms with E-state index in [2.05, 4.69) is 26.1 Å². The average molecular weight is 329 g/mol. The molecule has 0 heterocycles. The number of benzene rings is 1. The molecule has 19 heavy (non-hydrogen) atoms. The van der Waals surface area contributed by atoms with Crippen LogP contribution in [0.15, 0.2) is 22.7 Å². The number of hydrogen-bond donors (Lipinski definition) is 1. The maximum atomic E-state index is 11.6. The summed E-state index contributed by atoms with van der Waals surface area (Å²) < 4.78 is 6.33. The van der Waals surface area contributed by atoms with E-state index in [9.17, 15) is 4.79 Å². The molecule has 0 aromatic heterocycles. The smallest absolute Gasteiger partial charge is 0.257 e. The van der Waals surface area contributed by atoms with Gasteiger partial charge >= 0.3 is 0 Å². The van der Waals surface area contributed by atoms with Gasteiger partial charge in [-0.05, 0) is 67.6 Å². The highest BCUT2D eigenvalue weighted by molar-refractivity contribution is 9.10. The molecule has 0 atom stereocenters. The van der Waals surface area contributed by atoms with Crippen molar-refractivity contribution in [3.63, 3.8) is 0 Å². The Balaban J connectivity index is 2.26. The zero-order valence-electron chi connectivity index (χ0n) is 11.7. The molecule has 4 nitrogen and oxygen atoms in total. The Kier molecular flexibility index (Phi) is 6.87. The molecule has 0 saturated heterocycles. The zero-order chi connectivity index (χ0) is 14.3. The first-order valence-corrected chi connectivity index (χ1v) is 7.08. The van der Waals surface area contributed by atoms with Crippen LogP contribution in [0.25, 0.3) is 0 Å². The van der Waals surface area contributed by atoms with Crippen molar-refractivity contribution >= 4 is 21.8 Å². The van der Waals surface area contributed by atoms with Gasteiger partial charge < -0.3 is 15.0 Å². The van der Waals surface area contributed by atoms with E-state index >= 15 is 0 Å². The van der Waals surface area contributed by atoms with Crippen LogP contribution >= 0.6 is 15.9 Å². The van der Waals surface area contributed by atoms with Gasteiger partial charge in [-0.1, -0.05) is 6.07 Å². The molecule has 1 aromatic rings. The Bertz CT molecular complexity index is 422. The van der Waals surface area contributed by atoms with Gasteiger partial charge in [-0.2, -0.15) is 0 Å². The molecule has 0 fully saturated rings. The van der Waals surface area contributed by atoms with Crippen molar-refractivity contribution in [1.82, 2.24) is 10.2 Å². The second-order valence-electron chi connectivity index (χ2n) is 4.73. The molecule has 106 valence electrons.